The molecule has 1 N–H and O–H groups in total. The largest absolute Gasteiger partial charge is 0.515 e. The van der Waals surface area contributed by atoms with Crippen LogP contribution in [0.25, 0.3) is 16.3 Å². The molecule has 0 aromatic heterocycles. The lowest BCUT2D eigenvalue weighted by Crippen LogP contribution is -2.06. The van der Waals surface area contributed by atoms with Gasteiger partial charge in [-0.1, -0.05) is 18.2 Å². The van der Waals surface area contributed by atoms with Gasteiger partial charge in [0.05, 0.1) is 20.0 Å². The first-order chi connectivity index (χ1) is 9.69. The van der Waals surface area contributed by atoms with Gasteiger partial charge in [0.15, 0.2) is 0 Å². The summed E-state index contributed by atoms with van der Waals surface area (Å²) in [6.07, 6.45) is 0.780. The summed E-state index contributed by atoms with van der Waals surface area (Å²) in [5, 5.41) is 11.2. The van der Waals surface area contributed by atoms with E-state index in [0.717, 1.165) is 22.8 Å². The zero-order valence-electron chi connectivity index (χ0n) is 11.4. The molecule has 0 spiro atoms. The maximum Gasteiger partial charge on any atom is 0.341 e. The third-order valence-corrected chi connectivity index (χ3v) is 2.98. The number of carbonyl (C=O) groups excluding carboxylic acids is 1. The van der Waals surface area contributed by atoms with Gasteiger partial charge in [0, 0.05) is 0 Å². The molecule has 0 fully saturated rings. The van der Waals surface area contributed by atoms with Crippen molar-refractivity contribution in [2.75, 3.05) is 13.7 Å². The van der Waals surface area contributed by atoms with Crippen LogP contribution in [0.4, 0.5) is 0 Å². The van der Waals surface area contributed by atoms with E-state index in [1.165, 1.54) is 0 Å². The average Bonchev–Trinajstić information content (AvgIpc) is 2.47. The van der Waals surface area contributed by atoms with Crippen molar-refractivity contribution in [2.45, 2.75) is 6.92 Å². The molecule has 4 heteroatoms. The maximum absolute atomic E-state index is 11.7. The maximum atomic E-state index is 11.7. The van der Waals surface area contributed by atoms with E-state index in [1.807, 2.05) is 30.3 Å². The minimum Gasteiger partial charge on any atom is -0.515 e. The van der Waals surface area contributed by atoms with Gasteiger partial charge in [-0.3, -0.25) is 0 Å². The van der Waals surface area contributed by atoms with Crippen LogP contribution in [-0.4, -0.2) is 24.8 Å². The SMILES string of the molecule is CCOC(=O)/C(=C\O)c1ccc2cc(OC)ccc2c1. The second kappa shape index (κ2) is 6.10. The molecule has 104 valence electrons. The van der Waals surface area contributed by atoms with E-state index in [2.05, 4.69) is 0 Å². The Morgan fingerprint density at radius 3 is 2.55 bits per heavy atom. The summed E-state index contributed by atoms with van der Waals surface area (Å²) in [4.78, 5) is 11.7. The molecule has 0 aliphatic heterocycles. The van der Waals surface area contributed by atoms with Crippen molar-refractivity contribution in [3.8, 4) is 5.75 Å². The highest BCUT2D eigenvalue weighted by Gasteiger charge is 2.13. The van der Waals surface area contributed by atoms with Gasteiger partial charge in [-0.25, -0.2) is 4.79 Å². The first kappa shape index (κ1) is 13.9. The number of methoxy groups -OCH3 is 1. The summed E-state index contributed by atoms with van der Waals surface area (Å²) in [7, 11) is 1.61. The smallest absolute Gasteiger partial charge is 0.341 e. The Hall–Kier alpha value is -2.49. The molecule has 20 heavy (non-hydrogen) atoms. The van der Waals surface area contributed by atoms with Crippen LogP contribution in [0.1, 0.15) is 12.5 Å². The molecule has 0 amide bonds. The quantitative estimate of drug-likeness (QED) is 0.527. The molecule has 0 saturated heterocycles. The van der Waals surface area contributed by atoms with Crippen LogP contribution in [0.3, 0.4) is 0 Å². The van der Waals surface area contributed by atoms with E-state index in [0.29, 0.717) is 5.56 Å². The van der Waals surface area contributed by atoms with Gasteiger partial charge >= 0.3 is 5.97 Å². The third-order valence-electron chi connectivity index (χ3n) is 2.98. The molecule has 0 aliphatic rings. The molecule has 0 heterocycles. The first-order valence-corrected chi connectivity index (χ1v) is 6.29. The van der Waals surface area contributed by atoms with Crippen LogP contribution in [0, 0.1) is 0 Å². The normalized spacial score (nSPS) is 11.4. The Bertz CT molecular complexity index is 659. The van der Waals surface area contributed by atoms with Gasteiger partial charge in [-0.15, -0.1) is 0 Å². The standard InChI is InChI=1S/C16H16O4/c1-3-20-16(18)15(10-17)13-5-4-12-9-14(19-2)7-6-11(12)8-13/h4-10,17H,3H2,1-2H3/b15-10-. The van der Waals surface area contributed by atoms with Gasteiger partial charge in [0.25, 0.3) is 0 Å². The molecule has 0 radical (unpaired) electrons. The first-order valence-electron chi connectivity index (χ1n) is 6.29. The summed E-state index contributed by atoms with van der Waals surface area (Å²) in [5.74, 6) is 0.233. The topological polar surface area (TPSA) is 55.8 Å². The van der Waals surface area contributed by atoms with Crippen molar-refractivity contribution in [1.29, 1.82) is 0 Å². The number of hydrogen-bond donors (Lipinski definition) is 1. The van der Waals surface area contributed by atoms with E-state index < -0.39 is 5.97 Å². The van der Waals surface area contributed by atoms with Crippen LogP contribution in [0.15, 0.2) is 42.7 Å². The molecule has 0 aliphatic carbocycles. The molecule has 0 bridgehead atoms. The molecular formula is C16H16O4. The fraction of sp³-hybridized carbons (Fsp3) is 0.188. The lowest BCUT2D eigenvalue weighted by molar-refractivity contribution is -0.136. The number of aliphatic hydroxyl groups is 1. The molecule has 0 unspecified atom stereocenters. The predicted molar refractivity (Wildman–Crippen MR) is 77.7 cm³/mol. The highest BCUT2D eigenvalue weighted by Crippen LogP contribution is 2.25. The minimum absolute atomic E-state index is 0.143. The van der Waals surface area contributed by atoms with Gasteiger partial charge in [-0.05, 0) is 41.5 Å². The summed E-state index contributed by atoms with van der Waals surface area (Å²) >= 11 is 0. The molecule has 2 aromatic carbocycles. The lowest BCUT2D eigenvalue weighted by Gasteiger charge is -2.08. The minimum atomic E-state index is -0.539. The molecular weight excluding hydrogens is 256 g/mol. The second-order valence-corrected chi connectivity index (χ2v) is 4.19. The number of ether oxygens (including phenoxy) is 2. The van der Waals surface area contributed by atoms with Gasteiger partial charge in [-0.2, -0.15) is 0 Å². The van der Waals surface area contributed by atoms with E-state index in [9.17, 15) is 9.90 Å². The Balaban J connectivity index is 2.43. The van der Waals surface area contributed by atoms with Crippen molar-refractivity contribution in [3.63, 3.8) is 0 Å². The fourth-order valence-electron chi connectivity index (χ4n) is 1.97. The number of esters is 1. The summed E-state index contributed by atoms with van der Waals surface area (Å²) in [5.41, 5.74) is 0.758. The Labute approximate surface area is 117 Å². The lowest BCUT2D eigenvalue weighted by atomic mass is 10.0. The van der Waals surface area contributed by atoms with Crippen molar-refractivity contribution in [2.24, 2.45) is 0 Å². The Morgan fingerprint density at radius 2 is 1.90 bits per heavy atom. The van der Waals surface area contributed by atoms with E-state index in [-0.39, 0.29) is 12.2 Å². The number of carbonyl (C=O) groups is 1. The fourth-order valence-corrected chi connectivity index (χ4v) is 1.97. The summed E-state index contributed by atoms with van der Waals surface area (Å²) < 4.78 is 10.1. The summed E-state index contributed by atoms with van der Waals surface area (Å²) in [6.45, 7) is 1.99. The molecule has 2 aromatic rings. The highest BCUT2D eigenvalue weighted by molar-refractivity contribution is 6.16. The molecule has 4 nitrogen and oxygen atoms in total. The van der Waals surface area contributed by atoms with E-state index in [4.69, 9.17) is 9.47 Å². The number of aliphatic hydroxyl groups excluding tert-OH is 1. The van der Waals surface area contributed by atoms with Crippen LogP contribution in [-0.2, 0) is 9.53 Å². The Morgan fingerprint density at radius 1 is 1.20 bits per heavy atom. The molecule has 2 rings (SSSR count). The van der Waals surface area contributed by atoms with E-state index >= 15 is 0 Å². The van der Waals surface area contributed by atoms with Gasteiger partial charge in [0.2, 0.25) is 0 Å². The van der Waals surface area contributed by atoms with Crippen molar-refractivity contribution < 1.29 is 19.4 Å². The van der Waals surface area contributed by atoms with Gasteiger partial charge < -0.3 is 14.6 Å². The zero-order chi connectivity index (χ0) is 14.5. The van der Waals surface area contributed by atoms with E-state index in [1.54, 1.807) is 20.1 Å². The number of rotatable bonds is 4. The summed E-state index contributed by atoms with van der Waals surface area (Å²) in [6, 6.07) is 11.1. The monoisotopic (exact) mass is 272 g/mol. The van der Waals surface area contributed by atoms with Crippen LogP contribution in [0.5, 0.6) is 5.75 Å². The van der Waals surface area contributed by atoms with Crippen molar-refractivity contribution in [1.82, 2.24) is 0 Å². The zero-order valence-corrected chi connectivity index (χ0v) is 11.4. The predicted octanol–water partition coefficient (Wildman–Crippen LogP) is 3.31. The molecule has 0 atom stereocenters. The number of fused-ring (bicyclic) bond motifs is 1. The van der Waals surface area contributed by atoms with Crippen molar-refractivity contribution in [3.05, 3.63) is 48.2 Å². The third kappa shape index (κ3) is 2.74. The van der Waals surface area contributed by atoms with Crippen molar-refractivity contribution >= 4 is 22.3 Å². The van der Waals surface area contributed by atoms with Gasteiger partial charge in [0.1, 0.15) is 11.3 Å². The number of benzene rings is 2. The molecule has 0 saturated carbocycles. The second-order valence-electron chi connectivity index (χ2n) is 4.19. The van der Waals surface area contributed by atoms with Crippen LogP contribution < -0.4 is 4.74 Å². The highest BCUT2D eigenvalue weighted by atomic mass is 16.5. The van der Waals surface area contributed by atoms with Crippen LogP contribution >= 0.6 is 0 Å². The van der Waals surface area contributed by atoms with Crippen LogP contribution in [0.2, 0.25) is 0 Å². The Kier molecular flexibility index (Phi) is 4.25. The number of hydrogen-bond acceptors (Lipinski definition) is 4. The average molecular weight is 272 g/mol.